The lowest BCUT2D eigenvalue weighted by molar-refractivity contribution is 0.305. The Morgan fingerprint density at radius 2 is 2.00 bits per heavy atom. The van der Waals surface area contributed by atoms with Crippen LogP contribution in [0.1, 0.15) is 16.7 Å². The smallest absolute Gasteiger partial charge is 0.123 e. The van der Waals surface area contributed by atoms with Crippen molar-refractivity contribution in [2.75, 3.05) is 6.54 Å². The lowest BCUT2D eigenvalue weighted by atomic mass is 10.1. The Bertz CT molecular complexity index is 682. The predicted molar refractivity (Wildman–Crippen MR) is 82.3 cm³/mol. The third-order valence-corrected chi connectivity index (χ3v) is 3.79. The molecule has 2 N–H and O–H groups in total. The van der Waals surface area contributed by atoms with Crippen LogP contribution in [0, 0.1) is 17.1 Å². The SMILES string of the molecule is N#Cc1ccc(F)cc1COc1ccc(Br)c(CCN)c1. The van der Waals surface area contributed by atoms with Gasteiger partial charge in [-0.25, -0.2) is 4.39 Å². The first-order valence-corrected chi connectivity index (χ1v) is 7.23. The third-order valence-electron chi connectivity index (χ3n) is 3.01. The Kier molecular flexibility index (Phi) is 5.32. The molecule has 0 aromatic heterocycles. The Balaban J connectivity index is 2.15. The number of nitrogens with two attached hydrogens (primary N) is 1. The highest BCUT2D eigenvalue weighted by Gasteiger charge is 2.06. The highest BCUT2D eigenvalue weighted by molar-refractivity contribution is 9.10. The number of nitriles is 1. The Labute approximate surface area is 131 Å². The summed E-state index contributed by atoms with van der Waals surface area (Å²) in [5, 5.41) is 9.01. The van der Waals surface area contributed by atoms with Gasteiger partial charge < -0.3 is 10.5 Å². The third kappa shape index (κ3) is 4.03. The van der Waals surface area contributed by atoms with Crippen molar-refractivity contribution in [1.82, 2.24) is 0 Å². The van der Waals surface area contributed by atoms with Crippen molar-refractivity contribution in [2.45, 2.75) is 13.0 Å². The van der Waals surface area contributed by atoms with Crippen LogP contribution < -0.4 is 10.5 Å². The molecule has 0 aliphatic rings. The van der Waals surface area contributed by atoms with E-state index in [0.29, 0.717) is 23.4 Å². The van der Waals surface area contributed by atoms with Crippen molar-refractivity contribution in [2.24, 2.45) is 5.73 Å². The van der Waals surface area contributed by atoms with Gasteiger partial charge in [-0.1, -0.05) is 15.9 Å². The Hall–Kier alpha value is -1.90. The average Bonchev–Trinajstić information content (AvgIpc) is 2.48. The van der Waals surface area contributed by atoms with Crippen LogP contribution in [0.3, 0.4) is 0 Å². The topological polar surface area (TPSA) is 59.0 Å². The Morgan fingerprint density at radius 1 is 1.19 bits per heavy atom. The van der Waals surface area contributed by atoms with E-state index >= 15 is 0 Å². The molecule has 0 bridgehead atoms. The van der Waals surface area contributed by atoms with Crippen LogP contribution in [-0.4, -0.2) is 6.54 Å². The predicted octanol–water partition coefficient (Wildman–Crippen LogP) is 3.54. The lowest BCUT2D eigenvalue weighted by Crippen LogP contribution is -2.04. The molecule has 0 radical (unpaired) electrons. The summed E-state index contributed by atoms with van der Waals surface area (Å²) in [4.78, 5) is 0. The molecular weight excluding hydrogens is 335 g/mol. The van der Waals surface area contributed by atoms with E-state index in [1.165, 1.54) is 18.2 Å². The second-order valence-electron chi connectivity index (χ2n) is 4.49. The molecule has 3 nitrogen and oxygen atoms in total. The van der Waals surface area contributed by atoms with Gasteiger partial charge in [0.25, 0.3) is 0 Å². The van der Waals surface area contributed by atoms with Gasteiger partial charge in [0.1, 0.15) is 18.2 Å². The molecule has 0 amide bonds. The molecule has 0 saturated carbocycles. The number of hydrogen-bond acceptors (Lipinski definition) is 3. The molecule has 2 aromatic rings. The van der Waals surface area contributed by atoms with E-state index in [0.717, 1.165) is 16.5 Å². The number of nitrogens with zero attached hydrogens (tertiary/aromatic N) is 1. The zero-order chi connectivity index (χ0) is 15.2. The molecule has 0 heterocycles. The van der Waals surface area contributed by atoms with Crippen molar-refractivity contribution in [1.29, 1.82) is 5.26 Å². The molecule has 0 unspecified atom stereocenters. The van der Waals surface area contributed by atoms with E-state index in [1.54, 1.807) is 0 Å². The molecule has 0 saturated heterocycles. The molecule has 2 rings (SSSR count). The molecule has 108 valence electrons. The first-order valence-electron chi connectivity index (χ1n) is 6.44. The lowest BCUT2D eigenvalue weighted by Gasteiger charge is -2.10. The van der Waals surface area contributed by atoms with Gasteiger partial charge in [-0.2, -0.15) is 5.26 Å². The zero-order valence-electron chi connectivity index (χ0n) is 11.3. The van der Waals surface area contributed by atoms with Crippen LogP contribution in [-0.2, 0) is 13.0 Å². The van der Waals surface area contributed by atoms with Crippen molar-refractivity contribution in [3.63, 3.8) is 0 Å². The van der Waals surface area contributed by atoms with Crippen LogP contribution in [0.25, 0.3) is 0 Å². The molecular formula is C16H14BrFN2O. The van der Waals surface area contributed by atoms with Crippen molar-refractivity contribution in [3.05, 3.63) is 63.4 Å². The quantitative estimate of drug-likeness (QED) is 0.898. The monoisotopic (exact) mass is 348 g/mol. The standard InChI is InChI=1S/C16H14BrFN2O/c17-16-4-3-15(8-11(16)5-6-19)21-10-13-7-14(18)2-1-12(13)9-20/h1-4,7-8H,5-6,10,19H2. The fourth-order valence-electron chi connectivity index (χ4n) is 1.94. The van der Waals surface area contributed by atoms with Crippen LogP contribution >= 0.6 is 15.9 Å². The van der Waals surface area contributed by atoms with Gasteiger partial charge in [0.15, 0.2) is 0 Å². The summed E-state index contributed by atoms with van der Waals surface area (Å²) in [6.07, 6.45) is 0.737. The number of halogens is 2. The minimum atomic E-state index is -0.382. The fourth-order valence-corrected chi connectivity index (χ4v) is 2.38. The molecule has 0 atom stereocenters. The number of rotatable bonds is 5. The maximum absolute atomic E-state index is 13.2. The van der Waals surface area contributed by atoms with Gasteiger partial charge in [0.2, 0.25) is 0 Å². The minimum absolute atomic E-state index is 0.143. The summed E-state index contributed by atoms with van der Waals surface area (Å²) in [7, 11) is 0. The first-order chi connectivity index (χ1) is 10.1. The summed E-state index contributed by atoms with van der Waals surface area (Å²) in [5.41, 5.74) is 7.55. The summed E-state index contributed by atoms with van der Waals surface area (Å²) >= 11 is 3.46. The number of benzene rings is 2. The first kappa shape index (κ1) is 15.5. The minimum Gasteiger partial charge on any atom is -0.489 e. The van der Waals surface area contributed by atoms with Gasteiger partial charge in [-0.15, -0.1) is 0 Å². The highest BCUT2D eigenvalue weighted by Crippen LogP contribution is 2.24. The van der Waals surface area contributed by atoms with Crippen LogP contribution in [0.5, 0.6) is 5.75 Å². The second-order valence-corrected chi connectivity index (χ2v) is 5.35. The van der Waals surface area contributed by atoms with Gasteiger partial charge in [0.05, 0.1) is 11.6 Å². The summed E-state index contributed by atoms with van der Waals surface area (Å²) in [6.45, 7) is 0.689. The summed E-state index contributed by atoms with van der Waals surface area (Å²) in [5.74, 6) is 0.280. The fraction of sp³-hybridized carbons (Fsp3) is 0.188. The molecule has 0 aliphatic heterocycles. The van der Waals surface area contributed by atoms with E-state index in [-0.39, 0.29) is 12.4 Å². The second kappa shape index (κ2) is 7.21. The number of ether oxygens (including phenoxy) is 1. The van der Waals surface area contributed by atoms with Crippen LogP contribution in [0.2, 0.25) is 0 Å². The van der Waals surface area contributed by atoms with Crippen LogP contribution in [0.15, 0.2) is 40.9 Å². The highest BCUT2D eigenvalue weighted by atomic mass is 79.9. The maximum Gasteiger partial charge on any atom is 0.123 e. The summed E-state index contributed by atoms with van der Waals surface area (Å²) in [6, 6.07) is 11.7. The van der Waals surface area contributed by atoms with E-state index in [1.807, 2.05) is 24.3 Å². The van der Waals surface area contributed by atoms with Gasteiger partial charge in [0, 0.05) is 10.0 Å². The van der Waals surface area contributed by atoms with E-state index < -0.39 is 0 Å². The molecule has 0 spiro atoms. The maximum atomic E-state index is 13.2. The average molecular weight is 349 g/mol. The van der Waals surface area contributed by atoms with Gasteiger partial charge >= 0.3 is 0 Å². The molecule has 0 fully saturated rings. The van der Waals surface area contributed by atoms with Crippen molar-refractivity contribution < 1.29 is 9.13 Å². The van der Waals surface area contributed by atoms with Gasteiger partial charge in [-0.3, -0.25) is 0 Å². The molecule has 5 heteroatoms. The van der Waals surface area contributed by atoms with E-state index in [2.05, 4.69) is 15.9 Å². The normalized spacial score (nSPS) is 10.2. The van der Waals surface area contributed by atoms with Crippen molar-refractivity contribution >= 4 is 15.9 Å². The summed E-state index contributed by atoms with van der Waals surface area (Å²) < 4.78 is 19.9. The Morgan fingerprint density at radius 3 is 2.71 bits per heavy atom. The van der Waals surface area contributed by atoms with Crippen molar-refractivity contribution in [3.8, 4) is 11.8 Å². The molecule has 0 aliphatic carbocycles. The number of hydrogen-bond donors (Lipinski definition) is 1. The zero-order valence-corrected chi connectivity index (χ0v) is 12.9. The molecule has 2 aromatic carbocycles. The molecule has 21 heavy (non-hydrogen) atoms. The van der Waals surface area contributed by atoms with E-state index in [4.69, 9.17) is 15.7 Å². The van der Waals surface area contributed by atoms with E-state index in [9.17, 15) is 4.39 Å². The van der Waals surface area contributed by atoms with Crippen LogP contribution in [0.4, 0.5) is 4.39 Å². The van der Waals surface area contributed by atoms with Gasteiger partial charge in [-0.05, 0) is 54.9 Å². The largest absolute Gasteiger partial charge is 0.489 e.